The lowest BCUT2D eigenvalue weighted by atomic mass is 10.3. The fourth-order valence-electron chi connectivity index (χ4n) is 1.44. The first-order valence-corrected chi connectivity index (χ1v) is 8.92. The van der Waals surface area contributed by atoms with Crippen molar-refractivity contribution in [2.24, 2.45) is 0 Å². The van der Waals surface area contributed by atoms with Crippen molar-refractivity contribution in [3.05, 3.63) is 12.4 Å². The molecule has 1 atom stereocenters. The highest BCUT2D eigenvalue weighted by Crippen LogP contribution is 2.10. The van der Waals surface area contributed by atoms with Crippen molar-refractivity contribution in [3.8, 4) is 0 Å². The number of hydrogen-bond acceptors (Lipinski definition) is 5. The summed E-state index contributed by atoms with van der Waals surface area (Å²) in [6.07, 6.45) is 6.16. The van der Waals surface area contributed by atoms with Crippen LogP contribution in [0.4, 0.5) is 0 Å². The monoisotopic (exact) mass is 307 g/mol. The summed E-state index contributed by atoms with van der Waals surface area (Å²) in [5, 5.41) is 13.1. The smallest absolute Gasteiger partial charge is 0.243 e. The maximum atomic E-state index is 12.0. The summed E-state index contributed by atoms with van der Waals surface area (Å²) in [5.41, 5.74) is 0. The van der Waals surface area contributed by atoms with Crippen molar-refractivity contribution < 1.29 is 13.5 Å². The van der Waals surface area contributed by atoms with E-state index in [-0.39, 0.29) is 11.5 Å². The molecule has 8 heteroatoms. The van der Waals surface area contributed by atoms with Crippen LogP contribution in [-0.4, -0.2) is 48.0 Å². The van der Waals surface area contributed by atoms with Gasteiger partial charge in [0.05, 0.1) is 6.20 Å². The Morgan fingerprint density at radius 3 is 2.95 bits per heavy atom. The fourth-order valence-corrected chi connectivity index (χ4v) is 2.79. The van der Waals surface area contributed by atoms with E-state index in [2.05, 4.69) is 16.7 Å². The average molecular weight is 307 g/mol. The third-order valence-corrected chi connectivity index (χ3v) is 5.17. The summed E-state index contributed by atoms with van der Waals surface area (Å²) >= 11 is 1.71. The summed E-state index contributed by atoms with van der Waals surface area (Å²) in [6.45, 7) is 3.06. The first-order chi connectivity index (χ1) is 8.99. The molecule has 0 aliphatic heterocycles. The van der Waals surface area contributed by atoms with Crippen LogP contribution in [0.5, 0.6) is 0 Å². The summed E-state index contributed by atoms with van der Waals surface area (Å²) in [4.78, 5) is 0.169. The van der Waals surface area contributed by atoms with Gasteiger partial charge >= 0.3 is 0 Å². The SMILES string of the molecule is CSC(C)CCNS(=O)(=O)c1cnn(CCCO)c1. The molecule has 19 heavy (non-hydrogen) atoms. The van der Waals surface area contributed by atoms with Crippen LogP contribution in [0.1, 0.15) is 19.8 Å². The summed E-state index contributed by atoms with van der Waals surface area (Å²) in [5.74, 6) is 0. The van der Waals surface area contributed by atoms with Crippen LogP contribution in [0.15, 0.2) is 17.3 Å². The zero-order chi connectivity index (χ0) is 14.3. The quantitative estimate of drug-likeness (QED) is 0.701. The summed E-state index contributed by atoms with van der Waals surface area (Å²) in [6, 6.07) is 0. The standard InChI is InChI=1S/C11H21N3O3S2/c1-10(18-2)4-5-13-19(16,17)11-8-12-14(9-11)6-3-7-15/h8-10,13,15H,3-7H2,1-2H3. The fraction of sp³-hybridized carbons (Fsp3) is 0.727. The molecule has 2 N–H and O–H groups in total. The molecule has 0 spiro atoms. The van der Waals surface area contributed by atoms with Crippen molar-refractivity contribution in [2.75, 3.05) is 19.4 Å². The summed E-state index contributed by atoms with van der Waals surface area (Å²) < 4.78 is 28.0. The van der Waals surface area contributed by atoms with Gasteiger partial charge in [-0.3, -0.25) is 4.68 Å². The molecule has 0 amide bonds. The molecule has 0 aliphatic carbocycles. The van der Waals surface area contributed by atoms with Crippen molar-refractivity contribution in [1.82, 2.24) is 14.5 Å². The van der Waals surface area contributed by atoms with Crippen LogP contribution in [0.2, 0.25) is 0 Å². The maximum Gasteiger partial charge on any atom is 0.243 e. The first-order valence-electron chi connectivity index (χ1n) is 6.15. The Balaban J connectivity index is 2.54. The molecule has 6 nitrogen and oxygen atoms in total. The van der Waals surface area contributed by atoms with E-state index in [9.17, 15) is 8.42 Å². The number of aromatic nitrogens is 2. The lowest BCUT2D eigenvalue weighted by molar-refractivity contribution is 0.277. The van der Waals surface area contributed by atoms with Crippen molar-refractivity contribution in [3.63, 3.8) is 0 Å². The second-order valence-electron chi connectivity index (χ2n) is 4.25. The van der Waals surface area contributed by atoms with Gasteiger partial charge in [0.15, 0.2) is 0 Å². The van der Waals surface area contributed by atoms with Crippen molar-refractivity contribution >= 4 is 21.8 Å². The maximum absolute atomic E-state index is 12.0. The molecule has 0 bridgehead atoms. The van der Waals surface area contributed by atoms with Gasteiger partial charge in [0.2, 0.25) is 10.0 Å². The number of sulfonamides is 1. The number of nitrogens with zero attached hydrogens (tertiary/aromatic N) is 2. The van der Waals surface area contributed by atoms with Gasteiger partial charge in [0, 0.05) is 31.1 Å². The highest BCUT2D eigenvalue weighted by molar-refractivity contribution is 7.99. The molecule has 0 fully saturated rings. The molecule has 0 aromatic carbocycles. The van der Waals surface area contributed by atoms with Crippen LogP contribution in [-0.2, 0) is 16.6 Å². The number of nitrogens with one attached hydrogen (secondary N) is 1. The number of hydrogen-bond donors (Lipinski definition) is 2. The van der Waals surface area contributed by atoms with Crippen LogP contribution >= 0.6 is 11.8 Å². The molecule has 0 saturated heterocycles. The topological polar surface area (TPSA) is 84.2 Å². The minimum atomic E-state index is -3.47. The average Bonchev–Trinajstić information content (AvgIpc) is 2.85. The highest BCUT2D eigenvalue weighted by atomic mass is 32.2. The Morgan fingerprint density at radius 2 is 2.32 bits per heavy atom. The molecule has 1 rings (SSSR count). The van der Waals surface area contributed by atoms with Crippen molar-refractivity contribution in [1.29, 1.82) is 0 Å². The van der Waals surface area contributed by atoms with E-state index in [1.165, 1.54) is 17.1 Å². The predicted octanol–water partition coefficient (Wildman–Crippen LogP) is 0.685. The normalized spacial score (nSPS) is 13.6. The zero-order valence-corrected chi connectivity index (χ0v) is 12.9. The third-order valence-electron chi connectivity index (χ3n) is 2.71. The van der Waals surface area contributed by atoms with E-state index in [0.717, 1.165) is 6.42 Å². The Hall–Kier alpha value is -0.570. The number of rotatable bonds is 9. The van der Waals surface area contributed by atoms with Gasteiger partial charge in [0.1, 0.15) is 4.90 Å². The predicted molar refractivity (Wildman–Crippen MR) is 76.7 cm³/mol. The Bertz CT molecular complexity index is 473. The molecule has 0 radical (unpaired) electrons. The molecule has 1 aromatic rings. The lowest BCUT2D eigenvalue weighted by Crippen LogP contribution is -2.26. The molecule has 110 valence electrons. The van der Waals surface area contributed by atoms with Crippen LogP contribution in [0.25, 0.3) is 0 Å². The van der Waals surface area contributed by atoms with Gasteiger partial charge in [-0.1, -0.05) is 6.92 Å². The van der Waals surface area contributed by atoms with E-state index >= 15 is 0 Å². The highest BCUT2D eigenvalue weighted by Gasteiger charge is 2.16. The van der Waals surface area contributed by atoms with Gasteiger partial charge in [-0.25, -0.2) is 13.1 Å². The molecule has 0 saturated carbocycles. The second kappa shape index (κ2) is 7.88. The molecule has 1 heterocycles. The Kier molecular flexibility index (Phi) is 6.84. The van der Waals surface area contributed by atoms with Gasteiger partial charge < -0.3 is 5.11 Å². The minimum Gasteiger partial charge on any atom is -0.396 e. The third kappa shape index (κ3) is 5.52. The Labute approximate surface area is 118 Å². The van der Waals surface area contributed by atoms with Crippen LogP contribution in [0.3, 0.4) is 0 Å². The van der Waals surface area contributed by atoms with E-state index < -0.39 is 10.0 Å². The minimum absolute atomic E-state index is 0.0623. The zero-order valence-electron chi connectivity index (χ0n) is 11.2. The van der Waals surface area contributed by atoms with Crippen LogP contribution in [0, 0.1) is 0 Å². The van der Waals surface area contributed by atoms with E-state index in [4.69, 9.17) is 5.11 Å². The second-order valence-corrected chi connectivity index (χ2v) is 7.29. The summed E-state index contributed by atoms with van der Waals surface area (Å²) in [7, 11) is -3.47. The largest absolute Gasteiger partial charge is 0.396 e. The number of thioether (sulfide) groups is 1. The van der Waals surface area contributed by atoms with E-state index in [1.807, 2.05) is 6.26 Å². The molecular formula is C11H21N3O3S2. The molecule has 1 aromatic heterocycles. The van der Waals surface area contributed by atoms with Crippen molar-refractivity contribution in [2.45, 2.75) is 36.5 Å². The number of aryl methyl sites for hydroxylation is 1. The van der Waals surface area contributed by atoms with Gasteiger partial charge in [-0.15, -0.1) is 0 Å². The number of aliphatic hydroxyl groups is 1. The Morgan fingerprint density at radius 1 is 1.58 bits per heavy atom. The van der Waals surface area contributed by atoms with Gasteiger partial charge in [0.25, 0.3) is 0 Å². The molecule has 0 aliphatic rings. The van der Waals surface area contributed by atoms with Crippen LogP contribution < -0.4 is 4.72 Å². The molecule has 1 unspecified atom stereocenters. The van der Waals surface area contributed by atoms with Gasteiger partial charge in [-0.2, -0.15) is 16.9 Å². The molecular weight excluding hydrogens is 286 g/mol. The first kappa shape index (κ1) is 16.5. The lowest BCUT2D eigenvalue weighted by Gasteiger charge is -2.08. The van der Waals surface area contributed by atoms with E-state index in [0.29, 0.717) is 24.8 Å². The number of aliphatic hydroxyl groups excluding tert-OH is 1. The van der Waals surface area contributed by atoms with Gasteiger partial charge in [-0.05, 0) is 19.1 Å². The van der Waals surface area contributed by atoms with E-state index in [1.54, 1.807) is 11.8 Å².